The third-order valence-electron chi connectivity index (χ3n) is 4.65. The Labute approximate surface area is 174 Å². The van der Waals surface area contributed by atoms with E-state index in [1.165, 1.54) is 4.68 Å². The van der Waals surface area contributed by atoms with Crippen molar-refractivity contribution in [3.8, 4) is 0 Å². The number of carbonyl (C=O) groups excluding carboxylic acids is 1. The molecule has 0 N–H and O–H groups in total. The summed E-state index contributed by atoms with van der Waals surface area (Å²) >= 11 is 1.55. The van der Waals surface area contributed by atoms with Crippen LogP contribution in [0.15, 0.2) is 26.0 Å². The van der Waals surface area contributed by atoms with Gasteiger partial charge in [-0.15, -0.1) is 5.10 Å². The first kappa shape index (κ1) is 21.6. The molecular formula is C20H29N3O5S. The number of thiophene rings is 1. The van der Waals surface area contributed by atoms with Gasteiger partial charge < -0.3 is 13.9 Å². The molecule has 1 aliphatic rings. The van der Waals surface area contributed by atoms with Crippen molar-refractivity contribution in [2.24, 2.45) is 5.92 Å². The van der Waals surface area contributed by atoms with Gasteiger partial charge in [-0.05, 0) is 62.9 Å². The number of amides is 1. The summed E-state index contributed by atoms with van der Waals surface area (Å²) in [6, 6.07) is 1.54. The van der Waals surface area contributed by atoms with Crippen molar-refractivity contribution in [2.45, 2.75) is 78.5 Å². The lowest BCUT2D eigenvalue weighted by atomic mass is 9.97. The molecule has 1 aliphatic heterocycles. The Morgan fingerprint density at radius 3 is 2.62 bits per heavy atom. The number of nitrogens with zero attached hydrogens (tertiary/aromatic N) is 3. The molecule has 0 aromatic carbocycles. The molecule has 8 nitrogen and oxygen atoms in total. The maximum atomic E-state index is 13.0. The maximum absolute atomic E-state index is 13.0. The molecule has 0 spiro atoms. The second kappa shape index (κ2) is 7.60. The molecule has 2 aromatic heterocycles. The molecule has 9 heteroatoms. The Morgan fingerprint density at radius 2 is 2.07 bits per heavy atom. The third kappa shape index (κ3) is 4.56. The van der Waals surface area contributed by atoms with Gasteiger partial charge in [0.25, 0.3) is 0 Å². The quantitative estimate of drug-likeness (QED) is 0.738. The fourth-order valence-electron chi connectivity index (χ4n) is 3.52. The lowest BCUT2D eigenvalue weighted by Crippen LogP contribution is -2.51. The zero-order chi connectivity index (χ0) is 21.6. The fourth-order valence-corrected chi connectivity index (χ4v) is 4.18. The highest BCUT2D eigenvalue weighted by atomic mass is 32.1. The third-order valence-corrected chi connectivity index (χ3v) is 5.39. The number of carbonyl (C=O) groups is 1. The highest BCUT2D eigenvalue weighted by molar-refractivity contribution is 7.07. The molecule has 1 saturated heterocycles. The van der Waals surface area contributed by atoms with E-state index in [4.69, 9.17) is 13.9 Å². The number of hydrogen-bond acceptors (Lipinski definition) is 7. The molecule has 0 aliphatic carbocycles. The topological polar surface area (TPSA) is 86.8 Å². The van der Waals surface area contributed by atoms with Gasteiger partial charge in [0.15, 0.2) is 6.10 Å². The summed E-state index contributed by atoms with van der Waals surface area (Å²) in [5.74, 6) is -0.365. The van der Waals surface area contributed by atoms with E-state index in [1.54, 1.807) is 30.1 Å². The van der Waals surface area contributed by atoms with Crippen LogP contribution in [0.5, 0.6) is 0 Å². The minimum absolute atomic E-state index is 0.0154. The number of aromatic nitrogens is 2. The van der Waals surface area contributed by atoms with E-state index in [9.17, 15) is 9.59 Å². The predicted molar refractivity (Wildman–Crippen MR) is 109 cm³/mol. The van der Waals surface area contributed by atoms with Crippen molar-refractivity contribution in [3.63, 3.8) is 0 Å². The first-order valence-electron chi connectivity index (χ1n) is 9.68. The monoisotopic (exact) mass is 423 g/mol. The molecule has 3 rings (SSSR count). The molecule has 1 amide bonds. The van der Waals surface area contributed by atoms with Gasteiger partial charge in [-0.3, -0.25) is 4.90 Å². The first-order valence-corrected chi connectivity index (χ1v) is 10.6. The van der Waals surface area contributed by atoms with Crippen LogP contribution in [-0.2, 0) is 16.0 Å². The molecule has 2 aromatic rings. The zero-order valence-corrected chi connectivity index (χ0v) is 18.8. The Balaban J connectivity index is 1.93. The van der Waals surface area contributed by atoms with Gasteiger partial charge in [-0.1, -0.05) is 13.8 Å². The van der Waals surface area contributed by atoms with E-state index in [0.29, 0.717) is 6.54 Å². The Kier molecular flexibility index (Phi) is 5.66. The summed E-state index contributed by atoms with van der Waals surface area (Å²) in [5, 5.41) is 8.27. The van der Waals surface area contributed by atoms with Crippen molar-refractivity contribution in [1.82, 2.24) is 14.7 Å². The van der Waals surface area contributed by atoms with Crippen LogP contribution in [0.2, 0.25) is 0 Å². The molecule has 2 atom stereocenters. The van der Waals surface area contributed by atoms with E-state index in [2.05, 4.69) is 5.10 Å². The molecule has 0 saturated carbocycles. The minimum Gasteiger partial charge on any atom is -0.444 e. The van der Waals surface area contributed by atoms with Crippen LogP contribution in [0.25, 0.3) is 0 Å². The Bertz CT molecular complexity index is 907. The highest BCUT2D eigenvalue weighted by Crippen LogP contribution is 2.43. The van der Waals surface area contributed by atoms with Crippen LogP contribution in [0, 0.1) is 5.92 Å². The molecule has 1 fully saturated rings. The zero-order valence-electron chi connectivity index (χ0n) is 18.0. The summed E-state index contributed by atoms with van der Waals surface area (Å²) < 4.78 is 18.5. The van der Waals surface area contributed by atoms with Gasteiger partial charge in [0.05, 0.1) is 12.6 Å². The highest BCUT2D eigenvalue weighted by Gasteiger charge is 2.54. The SMILES string of the molecule is CC(C)[C@H]1[C@H](c2nn(Cc3ccsc3)c(=O)o2)OC(C)(C)N1C(=O)OC(C)(C)C. The number of hydrogen-bond donors (Lipinski definition) is 0. The van der Waals surface area contributed by atoms with E-state index < -0.39 is 35.3 Å². The van der Waals surface area contributed by atoms with E-state index in [-0.39, 0.29) is 11.8 Å². The number of ether oxygens (including phenoxy) is 2. The number of rotatable bonds is 4. The van der Waals surface area contributed by atoms with Crippen molar-refractivity contribution >= 4 is 17.4 Å². The average Bonchev–Trinajstić information content (AvgIpc) is 3.24. The van der Waals surface area contributed by atoms with Crippen molar-refractivity contribution < 1.29 is 18.7 Å². The first-order chi connectivity index (χ1) is 13.4. The summed E-state index contributed by atoms with van der Waals surface area (Å²) in [5.41, 5.74) is -0.612. The van der Waals surface area contributed by atoms with Crippen LogP contribution in [0.1, 0.15) is 66.0 Å². The molecule has 0 unspecified atom stereocenters. The fraction of sp³-hybridized carbons (Fsp3) is 0.650. The second-order valence-electron chi connectivity index (χ2n) is 9.07. The summed E-state index contributed by atoms with van der Waals surface area (Å²) in [6.45, 7) is 13.4. The van der Waals surface area contributed by atoms with Crippen LogP contribution in [0.4, 0.5) is 4.79 Å². The Morgan fingerprint density at radius 1 is 1.38 bits per heavy atom. The average molecular weight is 424 g/mol. The molecule has 160 valence electrons. The summed E-state index contributed by atoms with van der Waals surface area (Å²) in [4.78, 5) is 26.9. The van der Waals surface area contributed by atoms with Gasteiger partial charge in [-0.2, -0.15) is 16.0 Å². The molecule has 0 radical (unpaired) electrons. The summed E-state index contributed by atoms with van der Waals surface area (Å²) in [6.07, 6.45) is -1.14. The van der Waals surface area contributed by atoms with Gasteiger partial charge in [0.2, 0.25) is 5.89 Å². The Hall–Kier alpha value is -2.13. The predicted octanol–water partition coefficient (Wildman–Crippen LogP) is 4.02. The van der Waals surface area contributed by atoms with Crippen LogP contribution in [-0.4, -0.2) is 38.1 Å². The minimum atomic E-state index is -0.947. The van der Waals surface area contributed by atoms with E-state index >= 15 is 0 Å². The maximum Gasteiger partial charge on any atom is 0.437 e. The van der Waals surface area contributed by atoms with E-state index in [0.717, 1.165) is 5.56 Å². The van der Waals surface area contributed by atoms with Crippen molar-refractivity contribution in [2.75, 3.05) is 0 Å². The standard InChI is InChI=1S/C20H29N3O5S/c1-12(2)14-15(27-20(6,7)23(14)18(25)28-19(3,4)5)16-21-22(17(24)26-16)10-13-8-9-29-11-13/h8-9,11-12,14-15H,10H2,1-7H3/t14-,15+/m0/s1. The molecule has 29 heavy (non-hydrogen) atoms. The van der Waals surface area contributed by atoms with Gasteiger partial charge in [0.1, 0.15) is 11.3 Å². The van der Waals surface area contributed by atoms with Gasteiger partial charge in [-0.25, -0.2) is 9.59 Å². The molecule has 3 heterocycles. The van der Waals surface area contributed by atoms with Crippen LogP contribution in [0.3, 0.4) is 0 Å². The second-order valence-corrected chi connectivity index (χ2v) is 9.85. The lowest BCUT2D eigenvalue weighted by Gasteiger charge is -2.36. The smallest absolute Gasteiger partial charge is 0.437 e. The van der Waals surface area contributed by atoms with E-state index in [1.807, 2.05) is 51.4 Å². The van der Waals surface area contributed by atoms with Crippen molar-refractivity contribution in [3.05, 3.63) is 38.8 Å². The lowest BCUT2D eigenvalue weighted by molar-refractivity contribution is -0.0841. The van der Waals surface area contributed by atoms with Crippen LogP contribution >= 0.6 is 11.3 Å². The molecular weight excluding hydrogens is 394 g/mol. The van der Waals surface area contributed by atoms with Gasteiger partial charge >= 0.3 is 11.8 Å². The van der Waals surface area contributed by atoms with Crippen molar-refractivity contribution in [1.29, 1.82) is 0 Å². The summed E-state index contributed by atoms with van der Waals surface area (Å²) in [7, 11) is 0. The van der Waals surface area contributed by atoms with Crippen LogP contribution < -0.4 is 5.76 Å². The largest absolute Gasteiger partial charge is 0.444 e. The molecule has 0 bridgehead atoms. The normalized spacial score (nSPS) is 21.7. The van der Waals surface area contributed by atoms with Gasteiger partial charge in [0, 0.05) is 0 Å².